The van der Waals surface area contributed by atoms with Crippen LogP contribution in [0.5, 0.6) is 0 Å². The minimum atomic E-state index is -0.961. The summed E-state index contributed by atoms with van der Waals surface area (Å²) in [6.07, 6.45) is 14.4. The van der Waals surface area contributed by atoms with Gasteiger partial charge in [-0.25, -0.2) is 4.79 Å². The van der Waals surface area contributed by atoms with Crippen LogP contribution in [0.25, 0.3) is 0 Å². The zero-order valence-electron chi connectivity index (χ0n) is 29.7. The molecule has 0 aliphatic heterocycles. The highest BCUT2D eigenvalue weighted by Gasteiger charge is 2.18. The molecule has 0 heterocycles. The van der Waals surface area contributed by atoms with Crippen LogP contribution in [0.4, 0.5) is 0 Å². The molecule has 2 saturated carbocycles. The Morgan fingerprint density at radius 3 is 1.36 bits per heavy atom. The summed E-state index contributed by atoms with van der Waals surface area (Å²) in [6, 6.07) is 20.2. The molecule has 0 radical (unpaired) electrons. The maximum Gasteiger partial charge on any atom is 0.335 e. The van der Waals surface area contributed by atoms with E-state index in [9.17, 15) is 14.4 Å². The molecule has 5 N–H and O–H groups in total. The Morgan fingerprint density at radius 1 is 0.640 bits per heavy atom. The number of nitrogens with one attached hydrogen (secondary N) is 2. The van der Waals surface area contributed by atoms with Gasteiger partial charge in [0.05, 0.1) is 28.8 Å². The molecule has 0 aromatic heterocycles. The lowest BCUT2D eigenvalue weighted by atomic mass is 10.0. The molecule has 3 aromatic rings. The zero-order chi connectivity index (χ0) is 36.5. The molecule has 264 valence electrons. The smallest absolute Gasteiger partial charge is 0.335 e. The second-order valence-electron chi connectivity index (χ2n) is 13.3. The second-order valence-corrected chi connectivity index (χ2v) is 13.3. The SMILES string of the molecule is Cc1cc(C#N)ccc1C(=O)NC1CCCCCC1.Cc1cc(C#N)ccc1C(=O)O.Cc1cc(CN)ccc1C(=O)NC1CCCCCC1. The Bertz CT molecular complexity index is 1690. The lowest BCUT2D eigenvalue weighted by molar-refractivity contribution is 0.0695. The summed E-state index contributed by atoms with van der Waals surface area (Å²) in [4.78, 5) is 35.1. The number of aryl methyl sites for hydroxylation is 3. The number of benzene rings is 3. The molecule has 0 unspecified atom stereocenters. The van der Waals surface area contributed by atoms with E-state index in [4.69, 9.17) is 21.4 Å². The van der Waals surface area contributed by atoms with Crippen LogP contribution in [0.3, 0.4) is 0 Å². The molecule has 2 aliphatic rings. The standard InChI is InChI=1S/C16H24N2O.C16H20N2O.C9H7NO2/c2*1-12-10-13(11-17)8-9-15(12)16(19)18-14-6-4-2-3-5-7-14;1-6-4-7(5-10)2-3-8(6)9(11)12/h8-10,14H,2-7,11,17H2,1H3,(H,18,19);8-10,14H,2-7H2,1H3,(H,18,19);2-4H,1H3,(H,11,12). The Morgan fingerprint density at radius 2 is 1.02 bits per heavy atom. The van der Waals surface area contributed by atoms with Crippen LogP contribution in [0.15, 0.2) is 54.6 Å². The highest BCUT2D eigenvalue weighted by molar-refractivity contribution is 5.96. The number of rotatable bonds is 6. The Balaban J connectivity index is 0.000000209. The second kappa shape index (κ2) is 20.5. The van der Waals surface area contributed by atoms with Gasteiger partial charge in [-0.3, -0.25) is 9.59 Å². The molecule has 0 spiro atoms. The summed E-state index contributed by atoms with van der Waals surface area (Å²) < 4.78 is 0. The van der Waals surface area contributed by atoms with Crippen molar-refractivity contribution in [2.75, 3.05) is 0 Å². The molecule has 0 atom stereocenters. The number of hydrogen-bond acceptors (Lipinski definition) is 6. The van der Waals surface area contributed by atoms with Crippen LogP contribution < -0.4 is 16.4 Å². The average molecular weight is 678 g/mol. The summed E-state index contributed by atoms with van der Waals surface area (Å²) in [6.45, 7) is 6.04. The van der Waals surface area contributed by atoms with Crippen molar-refractivity contribution in [3.8, 4) is 12.1 Å². The summed E-state index contributed by atoms with van der Waals surface area (Å²) in [5, 5.41) is 32.3. The number of hydrogen-bond donors (Lipinski definition) is 4. The normalized spacial score (nSPS) is 14.8. The predicted molar refractivity (Wildman–Crippen MR) is 196 cm³/mol. The Hall–Kier alpha value is -4.99. The molecule has 5 rings (SSSR count). The minimum Gasteiger partial charge on any atom is -0.478 e. The third kappa shape index (κ3) is 12.5. The fourth-order valence-corrected chi connectivity index (χ4v) is 6.44. The number of carbonyl (C=O) groups excluding carboxylic acids is 2. The maximum atomic E-state index is 12.3. The predicted octanol–water partition coefficient (Wildman–Crippen LogP) is 7.79. The monoisotopic (exact) mass is 677 g/mol. The van der Waals surface area contributed by atoms with Gasteiger partial charge < -0.3 is 21.5 Å². The molecule has 0 saturated heterocycles. The third-order valence-corrected chi connectivity index (χ3v) is 9.34. The average Bonchev–Trinajstić information content (AvgIpc) is 3.53. The largest absolute Gasteiger partial charge is 0.478 e. The van der Waals surface area contributed by atoms with Crippen LogP contribution in [-0.4, -0.2) is 35.0 Å². The topological polar surface area (TPSA) is 169 Å². The quantitative estimate of drug-likeness (QED) is 0.193. The summed E-state index contributed by atoms with van der Waals surface area (Å²) in [5.41, 5.74) is 12.0. The number of carboxylic acid groups (broad SMARTS) is 1. The van der Waals surface area contributed by atoms with Crippen molar-refractivity contribution in [1.82, 2.24) is 10.6 Å². The first kappa shape index (κ1) is 39.4. The van der Waals surface area contributed by atoms with Gasteiger partial charge in [0.1, 0.15) is 0 Å². The molecule has 2 aliphatic carbocycles. The van der Waals surface area contributed by atoms with E-state index in [1.807, 2.05) is 38.1 Å². The molecular formula is C41H51N5O4. The van der Waals surface area contributed by atoms with E-state index in [-0.39, 0.29) is 17.4 Å². The van der Waals surface area contributed by atoms with Crippen molar-refractivity contribution in [1.29, 1.82) is 10.5 Å². The van der Waals surface area contributed by atoms with Crippen molar-refractivity contribution < 1.29 is 19.5 Å². The summed E-state index contributed by atoms with van der Waals surface area (Å²) >= 11 is 0. The molecular weight excluding hydrogens is 626 g/mol. The fourth-order valence-electron chi connectivity index (χ4n) is 6.44. The van der Waals surface area contributed by atoms with Crippen LogP contribution >= 0.6 is 0 Å². The third-order valence-electron chi connectivity index (χ3n) is 9.34. The number of nitrogens with two attached hydrogens (primary N) is 1. The Labute approximate surface area is 296 Å². The highest BCUT2D eigenvalue weighted by atomic mass is 16.4. The zero-order valence-corrected chi connectivity index (χ0v) is 29.7. The van der Waals surface area contributed by atoms with Crippen molar-refractivity contribution in [3.05, 3.63) is 105 Å². The first-order valence-corrected chi connectivity index (χ1v) is 17.7. The Kier molecular flexibility index (Phi) is 16.2. The number of amides is 2. The van der Waals surface area contributed by atoms with E-state index < -0.39 is 5.97 Å². The first-order valence-electron chi connectivity index (χ1n) is 17.7. The van der Waals surface area contributed by atoms with Gasteiger partial charge in [0, 0.05) is 29.8 Å². The number of nitriles is 2. The van der Waals surface area contributed by atoms with Gasteiger partial charge in [0.2, 0.25) is 0 Å². The van der Waals surface area contributed by atoms with Crippen LogP contribution in [0.1, 0.15) is 142 Å². The maximum absolute atomic E-state index is 12.3. The van der Waals surface area contributed by atoms with Crippen molar-refractivity contribution in [3.63, 3.8) is 0 Å². The molecule has 9 heteroatoms. The van der Waals surface area contributed by atoms with Gasteiger partial charge in [0.25, 0.3) is 11.8 Å². The van der Waals surface area contributed by atoms with E-state index in [1.165, 1.54) is 63.5 Å². The van der Waals surface area contributed by atoms with Crippen LogP contribution in [-0.2, 0) is 6.54 Å². The lowest BCUT2D eigenvalue weighted by Gasteiger charge is -2.17. The van der Waals surface area contributed by atoms with Crippen molar-refractivity contribution in [2.45, 2.75) is 116 Å². The number of aromatic carboxylic acids is 1. The van der Waals surface area contributed by atoms with Crippen molar-refractivity contribution >= 4 is 17.8 Å². The number of nitrogens with zero attached hydrogens (tertiary/aromatic N) is 2. The molecule has 9 nitrogen and oxygen atoms in total. The van der Waals surface area contributed by atoms with Crippen LogP contribution in [0, 0.1) is 43.4 Å². The van der Waals surface area contributed by atoms with Gasteiger partial charge >= 0.3 is 5.97 Å². The van der Waals surface area contributed by atoms with E-state index in [1.54, 1.807) is 31.2 Å². The van der Waals surface area contributed by atoms with Gasteiger partial charge in [0.15, 0.2) is 0 Å². The lowest BCUT2D eigenvalue weighted by Crippen LogP contribution is -2.34. The molecule has 2 amide bonds. The molecule has 2 fully saturated rings. The van der Waals surface area contributed by atoms with E-state index in [0.717, 1.165) is 47.9 Å². The summed E-state index contributed by atoms with van der Waals surface area (Å²) in [7, 11) is 0. The van der Waals surface area contributed by atoms with Gasteiger partial charge in [-0.1, -0.05) is 63.5 Å². The highest BCUT2D eigenvalue weighted by Crippen LogP contribution is 2.20. The molecule has 0 bridgehead atoms. The molecule has 3 aromatic carbocycles. The van der Waals surface area contributed by atoms with Gasteiger partial charge in [-0.15, -0.1) is 0 Å². The summed E-state index contributed by atoms with van der Waals surface area (Å²) in [5.74, 6) is -0.904. The number of carboxylic acids is 1. The van der Waals surface area contributed by atoms with Gasteiger partial charge in [-0.05, 0) is 111 Å². The van der Waals surface area contributed by atoms with Gasteiger partial charge in [-0.2, -0.15) is 10.5 Å². The minimum absolute atomic E-state index is 0.00566. The fraction of sp³-hybridized carbons (Fsp3) is 0.439. The van der Waals surface area contributed by atoms with Crippen molar-refractivity contribution in [2.24, 2.45) is 5.73 Å². The molecule has 50 heavy (non-hydrogen) atoms. The van der Waals surface area contributed by atoms with Crippen LogP contribution in [0.2, 0.25) is 0 Å². The van der Waals surface area contributed by atoms with E-state index in [2.05, 4.69) is 16.7 Å². The first-order chi connectivity index (χ1) is 24.1. The number of carbonyl (C=O) groups is 3. The van der Waals surface area contributed by atoms with E-state index >= 15 is 0 Å². The van der Waals surface area contributed by atoms with E-state index in [0.29, 0.717) is 40.9 Å².